The molecule has 2 heteroatoms. The quantitative estimate of drug-likeness (QED) is 0.580. The van der Waals surface area contributed by atoms with Gasteiger partial charge in [-0.2, -0.15) is 0 Å². The maximum absolute atomic E-state index is 3.81. The van der Waals surface area contributed by atoms with Crippen LogP contribution in [0, 0.1) is 12.2 Å². The summed E-state index contributed by atoms with van der Waals surface area (Å²) in [6.07, 6.45) is 6.52. The molecule has 0 spiro atoms. The molecular formula is C7H11N2. The molecule has 9 heavy (non-hydrogen) atoms. The normalized spacial score (nSPS) is 10.6. The number of aromatic nitrogens is 2. The number of hydrogen-bond donors (Lipinski definition) is 0. The highest BCUT2D eigenvalue weighted by atomic mass is 15.0. The predicted octanol–water partition coefficient (Wildman–Crippen LogP) is 1.34. The molecule has 0 atom stereocenters. The lowest BCUT2D eigenvalue weighted by atomic mass is 10.2. The van der Waals surface area contributed by atoms with Crippen LogP contribution >= 0.6 is 0 Å². The van der Waals surface area contributed by atoms with E-state index in [1.807, 2.05) is 10.8 Å². The number of hydrogen-bond acceptors (Lipinski definition) is 1. The average Bonchev–Trinajstić information content (AvgIpc) is 2.15. The monoisotopic (exact) mass is 123 g/mol. The Labute approximate surface area is 55.5 Å². The molecule has 2 nitrogen and oxygen atoms in total. The van der Waals surface area contributed by atoms with Gasteiger partial charge in [-0.1, -0.05) is 13.8 Å². The van der Waals surface area contributed by atoms with E-state index in [-0.39, 0.29) is 0 Å². The van der Waals surface area contributed by atoms with Crippen LogP contribution in [0.3, 0.4) is 0 Å². The van der Waals surface area contributed by atoms with E-state index in [4.69, 9.17) is 0 Å². The van der Waals surface area contributed by atoms with E-state index in [0.29, 0.717) is 5.92 Å². The van der Waals surface area contributed by atoms with Crippen molar-refractivity contribution in [1.82, 2.24) is 9.55 Å². The third kappa shape index (κ3) is 1.88. The Morgan fingerprint density at radius 2 is 2.44 bits per heavy atom. The second-order valence-electron chi connectivity index (χ2n) is 2.57. The van der Waals surface area contributed by atoms with Crippen molar-refractivity contribution in [3.05, 3.63) is 18.7 Å². The zero-order chi connectivity index (χ0) is 6.69. The van der Waals surface area contributed by atoms with E-state index in [2.05, 4.69) is 25.2 Å². The molecule has 0 aliphatic carbocycles. The topological polar surface area (TPSA) is 17.8 Å². The van der Waals surface area contributed by atoms with Gasteiger partial charge in [-0.25, -0.2) is 4.98 Å². The van der Waals surface area contributed by atoms with Crippen LogP contribution in [0.1, 0.15) is 13.8 Å². The Morgan fingerprint density at radius 3 is 2.89 bits per heavy atom. The van der Waals surface area contributed by atoms with Gasteiger partial charge in [0.1, 0.15) is 0 Å². The molecule has 1 aromatic rings. The van der Waals surface area contributed by atoms with Crippen LogP contribution in [0.4, 0.5) is 0 Å². The Bertz CT molecular complexity index is 153. The second-order valence-corrected chi connectivity index (χ2v) is 2.57. The summed E-state index contributed by atoms with van der Waals surface area (Å²) in [5.41, 5.74) is 0. The van der Waals surface area contributed by atoms with Crippen LogP contribution in [0.5, 0.6) is 0 Å². The van der Waals surface area contributed by atoms with Crippen molar-refractivity contribution in [2.45, 2.75) is 20.4 Å². The van der Waals surface area contributed by atoms with Gasteiger partial charge in [-0.05, 0) is 5.92 Å². The summed E-state index contributed by atoms with van der Waals surface area (Å²) in [5.74, 6) is 0.676. The molecule has 0 amide bonds. The lowest BCUT2D eigenvalue weighted by molar-refractivity contribution is 0.520. The fraction of sp³-hybridized carbons (Fsp3) is 0.571. The van der Waals surface area contributed by atoms with Gasteiger partial charge in [-0.3, -0.25) is 0 Å². The first-order valence-corrected chi connectivity index (χ1v) is 3.18. The van der Waals surface area contributed by atoms with E-state index in [9.17, 15) is 0 Å². The summed E-state index contributed by atoms with van der Waals surface area (Å²) >= 11 is 0. The highest BCUT2D eigenvalue weighted by molar-refractivity contribution is 4.72. The van der Waals surface area contributed by atoms with E-state index in [1.165, 1.54) is 0 Å². The van der Waals surface area contributed by atoms with Crippen molar-refractivity contribution >= 4 is 0 Å². The van der Waals surface area contributed by atoms with Gasteiger partial charge in [0, 0.05) is 18.9 Å². The van der Waals surface area contributed by atoms with E-state index >= 15 is 0 Å². The van der Waals surface area contributed by atoms with Crippen LogP contribution in [-0.4, -0.2) is 9.55 Å². The molecule has 0 aliphatic heterocycles. The van der Waals surface area contributed by atoms with Crippen molar-refractivity contribution in [1.29, 1.82) is 0 Å². The standard InChI is InChI=1S/C7H11N2/c1-7(2)5-9-4-3-8-6-9/h3-4,7H,5H2,1-2H3. The van der Waals surface area contributed by atoms with Gasteiger partial charge in [-0.15, -0.1) is 0 Å². The maximum atomic E-state index is 3.81. The van der Waals surface area contributed by atoms with E-state index in [0.717, 1.165) is 6.54 Å². The second kappa shape index (κ2) is 2.67. The van der Waals surface area contributed by atoms with Crippen molar-refractivity contribution in [3.63, 3.8) is 0 Å². The van der Waals surface area contributed by atoms with Gasteiger partial charge in [0.15, 0.2) is 6.33 Å². The third-order valence-corrected chi connectivity index (χ3v) is 1.07. The van der Waals surface area contributed by atoms with E-state index < -0.39 is 0 Å². The molecule has 1 aromatic heterocycles. The summed E-state index contributed by atoms with van der Waals surface area (Å²) in [6, 6.07) is 0. The molecular weight excluding hydrogens is 112 g/mol. The summed E-state index contributed by atoms with van der Waals surface area (Å²) < 4.78 is 1.96. The first-order valence-electron chi connectivity index (χ1n) is 3.18. The molecule has 0 bridgehead atoms. The Balaban J connectivity index is 2.48. The zero-order valence-corrected chi connectivity index (χ0v) is 5.83. The number of imidazole rings is 1. The molecule has 0 aromatic carbocycles. The summed E-state index contributed by atoms with van der Waals surface area (Å²) in [5, 5.41) is 0. The van der Waals surface area contributed by atoms with Crippen molar-refractivity contribution in [2.75, 3.05) is 0 Å². The first-order chi connectivity index (χ1) is 4.29. The van der Waals surface area contributed by atoms with Crippen molar-refractivity contribution in [3.8, 4) is 0 Å². The molecule has 0 saturated heterocycles. The Hall–Kier alpha value is -0.790. The summed E-state index contributed by atoms with van der Waals surface area (Å²) in [7, 11) is 0. The fourth-order valence-electron chi connectivity index (χ4n) is 0.750. The van der Waals surface area contributed by atoms with E-state index in [1.54, 1.807) is 6.20 Å². The van der Waals surface area contributed by atoms with Gasteiger partial charge >= 0.3 is 0 Å². The SMILES string of the molecule is CC(C)Cn1[c]ncc1. The Kier molecular flexibility index (Phi) is 1.88. The van der Waals surface area contributed by atoms with Crippen LogP contribution < -0.4 is 0 Å². The van der Waals surface area contributed by atoms with Gasteiger partial charge in [0.25, 0.3) is 0 Å². The predicted molar refractivity (Wildman–Crippen MR) is 35.9 cm³/mol. The lowest BCUT2D eigenvalue weighted by Crippen LogP contribution is -2.01. The smallest absolute Gasteiger partial charge is 0.176 e. The first kappa shape index (κ1) is 6.33. The maximum Gasteiger partial charge on any atom is 0.176 e. The Morgan fingerprint density at radius 1 is 1.67 bits per heavy atom. The molecule has 0 saturated carbocycles. The van der Waals surface area contributed by atoms with Crippen molar-refractivity contribution in [2.24, 2.45) is 5.92 Å². The molecule has 0 fully saturated rings. The zero-order valence-electron chi connectivity index (χ0n) is 5.83. The molecule has 0 N–H and O–H groups in total. The van der Waals surface area contributed by atoms with Crippen molar-refractivity contribution < 1.29 is 0 Å². The largest absolute Gasteiger partial charge is 0.328 e. The minimum Gasteiger partial charge on any atom is -0.328 e. The fourth-order valence-corrected chi connectivity index (χ4v) is 0.750. The van der Waals surface area contributed by atoms with Gasteiger partial charge in [0.05, 0.1) is 0 Å². The highest BCUT2D eigenvalue weighted by Gasteiger charge is 1.93. The van der Waals surface area contributed by atoms with Gasteiger partial charge in [0.2, 0.25) is 0 Å². The minimum absolute atomic E-state index is 0.676. The van der Waals surface area contributed by atoms with Crippen LogP contribution in [0.2, 0.25) is 0 Å². The molecule has 0 aliphatic rings. The molecule has 1 radical (unpaired) electrons. The molecule has 1 rings (SSSR count). The average molecular weight is 123 g/mol. The minimum atomic E-state index is 0.676. The molecule has 0 unspecified atom stereocenters. The van der Waals surface area contributed by atoms with Gasteiger partial charge < -0.3 is 4.57 Å². The van der Waals surface area contributed by atoms with Crippen LogP contribution in [-0.2, 0) is 6.54 Å². The van der Waals surface area contributed by atoms with Crippen LogP contribution in [0.25, 0.3) is 0 Å². The third-order valence-electron chi connectivity index (χ3n) is 1.07. The highest BCUT2D eigenvalue weighted by Crippen LogP contribution is 1.96. The molecule has 49 valence electrons. The summed E-state index contributed by atoms with van der Waals surface area (Å²) in [6.45, 7) is 5.36. The number of nitrogens with zero attached hydrogens (tertiary/aromatic N) is 2. The van der Waals surface area contributed by atoms with Crippen LogP contribution in [0.15, 0.2) is 12.4 Å². The lowest BCUT2D eigenvalue weighted by Gasteiger charge is -2.02. The molecule has 1 heterocycles. The number of rotatable bonds is 2. The summed E-state index contributed by atoms with van der Waals surface area (Å²) in [4.78, 5) is 3.81.